The van der Waals surface area contributed by atoms with Crippen molar-refractivity contribution < 1.29 is 9.94 Å². The highest BCUT2D eigenvalue weighted by atomic mass is 16.6. The summed E-state index contributed by atoms with van der Waals surface area (Å²) < 4.78 is 0. The lowest BCUT2D eigenvalue weighted by atomic mass is 10.0. The molecular formula is C28H30N2O2. The molecule has 0 spiro atoms. The van der Waals surface area contributed by atoms with Crippen LogP contribution in [0.25, 0.3) is 11.1 Å². The Hall–Kier alpha value is -3.37. The molecular weight excluding hydrogens is 396 g/mol. The largest absolute Gasteiger partial charge is 0.513 e. The minimum absolute atomic E-state index is 0.204. The molecule has 4 rings (SSSR count). The van der Waals surface area contributed by atoms with Gasteiger partial charge in [0, 0.05) is 19.0 Å². The van der Waals surface area contributed by atoms with Gasteiger partial charge in [-0.2, -0.15) is 0 Å². The van der Waals surface area contributed by atoms with E-state index in [0.717, 1.165) is 42.9 Å². The Kier molecular flexibility index (Phi) is 7.03. The van der Waals surface area contributed by atoms with Crippen molar-refractivity contribution in [2.24, 2.45) is 11.1 Å². The van der Waals surface area contributed by atoms with Gasteiger partial charge in [0.2, 0.25) is 0 Å². The van der Waals surface area contributed by atoms with Crippen LogP contribution in [0.4, 0.5) is 0 Å². The molecule has 1 atom stereocenters. The standard InChI is InChI=1S/C28H30N2O2/c1-21(25-12-8-23(9-13-25)18-30-17-16-28(19-30)22(2)31)29-32-20-24-10-14-27(15-11-24)26-6-4-3-5-7-26/h3-15,28,31H,2,16-20H2,1H3/b29-21+. The molecule has 3 aromatic carbocycles. The van der Waals surface area contributed by atoms with Crippen LogP contribution in [-0.2, 0) is 18.0 Å². The minimum Gasteiger partial charge on any atom is -0.513 e. The molecule has 1 aliphatic heterocycles. The number of hydrogen-bond acceptors (Lipinski definition) is 4. The maximum absolute atomic E-state index is 9.59. The number of benzene rings is 3. The fourth-order valence-electron chi connectivity index (χ4n) is 4.04. The number of nitrogens with zero attached hydrogens (tertiary/aromatic N) is 2. The molecule has 1 heterocycles. The van der Waals surface area contributed by atoms with Crippen molar-refractivity contribution in [2.45, 2.75) is 26.5 Å². The maximum Gasteiger partial charge on any atom is 0.142 e. The summed E-state index contributed by atoms with van der Waals surface area (Å²) in [5, 5.41) is 13.9. The third kappa shape index (κ3) is 5.65. The van der Waals surface area contributed by atoms with E-state index in [2.05, 4.69) is 77.3 Å². The molecule has 164 valence electrons. The molecule has 1 N–H and O–H groups in total. The number of hydrogen-bond donors (Lipinski definition) is 1. The van der Waals surface area contributed by atoms with Gasteiger partial charge in [0.25, 0.3) is 0 Å². The molecule has 1 fully saturated rings. The predicted octanol–water partition coefficient (Wildman–Crippen LogP) is 6.19. The number of rotatable bonds is 8. The van der Waals surface area contributed by atoms with Crippen LogP contribution in [0, 0.1) is 5.92 Å². The van der Waals surface area contributed by atoms with Crippen LogP contribution in [-0.4, -0.2) is 28.8 Å². The molecule has 4 heteroatoms. The first-order chi connectivity index (χ1) is 15.6. The third-order valence-electron chi connectivity index (χ3n) is 6.02. The van der Waals surface area contributed by atoms with E-state index >= 15 is 0 Å². The average Bonchev–Trinajstić information content (AvgIpc) is 3.29. The SMILES string of the molecule is C=C(O)C1CCN(Cc2ccc(/C(C)=N/OCc3ccc(-c4ccccc4)cc3)cc2)C1. The van der Waals surface area contributed by atoms with Crippen molar-refractivity contribution in [1.29, 1.82) is 0 Å². The van der Waals surface area contributed by atoms with Crippen LogP contribution in [0.3, 0.4) is 0 Å². The highest BCUT2D eigenvalue weighted by Gasteiger charge is 2.24. The van der Waals surface area contributed by atoms with Crippen molar-refractivity contribution in [3.05, 3.63) is 108 Å². The maximum atomic E-state index is 9.59. The highest BCUT2D eigenvalue weighted by molar-refractivity contribution is 5.98. The second kappa shape index (κ2) is 10.3. The van der Waals surface area contributed by atoms with Crippen molar-refractivity contribution in [3.8, 4) is 11.1 Å². The average molecular weight is 427 g/mol. The summed E-state index contributed by atoms with van der Waals surface area (Å²) in [4.78, 5) is 7.96. The molecule has 32 heavy (non-hydrogen) atoms. The van der Waals surface area contributed by atoms with Crippen molar-refractivity contribution in [1.82, 2.24) is 4.90 Å². The van der Waals surface area contributed by atoms with Gasteiger partial charge in [-0.25, -0.2) is 0 Å². The summed E-state index contributed by atoms with van der Waals surface area (Å²) >= 11 is 0. The zero-order valence-corrected chi connectivity index (χ0v) is 18.6. The van der Waals surface area contributed by atoms with Crippen LogP contribution in [0.1, 0.15) is 30.0 Å². The van der Waals surface area contributed by atoms with Crippen LogP contribution < -0.4 is 0 Å². The zero-order valence-electron chi connectivity index (χ0n) is 18.6. The normalized spacial score (nSPS) is 16.8. The summed E-state index contributed by atoms with van der Waals surface area (Å²) in [5.74, 6) is 0.511. The molecule has 0 aliphatic carbocycles. The first-order valence-corrected chi connectivity index (χ1v) is 11.1. The van der Waals surface area contributed by atoms with Gasteiger partial charge in [-0.3, -0.25) is 4.90 Å². The first-order valence-electron chi connectivity index (χ1n) is 11.1. The van der Waals surface area contributed by atoms with Crippen molar-refractivity contribution >= 4 is 5.71 Å². The van der Waals surface area contributed by atoms with Gasteiger partial charge in [0.1, 0.15) is 6.61 Å². The van der Waals surface area contributed by atoms with E-state index in [-0.39, 0.29) is 5.92 Å². The van der Waals surface area contributed by atoms with Gasteiger partial charge in [0.15, 0.2) is 0 Å². The Morgan fingerprint density at radius 3 is 2.28 bits per heavy atom. The number of aliphatic hydroxyl groups excluding tert-OH is 1. The lowest BCUT2D eigenvalue weighted by Crippen LogP contribution is -2.20. The van der Waals surface area contributed by atoms with Crippen LogP contribution in [0.5, 0.6) is 0 Å². The second-order valence-electron chi connectivity index (χ2n) is 8.42. The molecule has 3 aromatic rings. The molecule has 4 nitrogen and oxygen atoms in total. The monoisotopic (exact) mass is 426 g/mol. The van der Waals surface area contributed by atoms with E-state index < -0.39 is 0 Å². The van der Waals surface area contributed by atoms with Gasteiger partial charge < -0.3 is 9.94 Å². The fraction of sp³-hybridized carbons (Fsp3) is 0.250. The Morgan fingerprint density at radius 1 is 0.969 bits per heavy atom. The number of aliphatic hydroxyl groups is 1. The Morgan fingerprint density at radius 2 is 1.62 bits per heavy atom. The van der Waals surface area contributed by atoms with Gasteiger partial charge in [-0.05, 0) is 47.7 Å². The van der Waals surface area contributed by atoms with Crippen LogP contribution in [0.2, 0.25) is 0 Å². The number of oxime groups is 1. The lowest BCUT2D eigenvalue weighted by molar-refractivity contribution is 0.130. The first kappa shape index (κ1) is 21.8. The molecule has 0 radical (unpaired) electrons. The van der Waals surface area contributed by atoms with E-state index in [1.807, 2.05) is 25.1 Å². The molecule has 1 saturated heterocycles. The molecule has 1 unspecified atom stereocenters. The smallest absolute Gasteiger partial charge is 0.142 e. The van der Waals surface area contributed by atoms with Crippen LogP contribution >= 0.6 is 0 Å². The predicted molar refractivity (Wildman–Crippen MR) is 130 cm³/mol. The van der Waals surface area contributed by atoms with E-state index in [9.17, 15) is 5.11 Å². The van der Waals surface area contributed by atoms with Gasteiger partial charge in [-0.15, -0.1) is 0 Å². The van der Waals surface area contributed by atoms with E-state index in [0.29, 0.717) is 12.4 Å². The Bertz CT molecular complexity index is 1060. The van der Waals surface area contributed by atoms with Crippen molar-refractivity contribution in [3.63, 3.8) is 0 Å². The summed E-state index contributed by atoms with van der Waals surface area (Å²) in [7, 11) is 0. The lowest BCUT2D eigenvalue weighted by Gasteiger charge is -2.16. The third-order valence-corrected chi connectivity index (χ3v) is 6.02. The molecule has 0 aromatic heterocycles. The Labute approximate surface area is 190 Å². The molecule has 0 saturated carbocycles. The van der Waals surface area contributed by atoms with E-state index in [1.54, 1.807) is 0 Å². The van der Waals surface area contributed by atoms with Gasteiger partial charge >= 0.3 is 0 Å². The molecule has 0 amide bonds. The quantitative estimate of drug-likeness (QED) is 0.265. The highest BCUT2D eigenvalue weighted by Crippen LogP contribution is 2.23. The van der Waals surface area contributed by atoms with Gasteiger partial charge in [0.05, 0.1) is 11.5 Å². The zero-order chi connectivity index (χ0) is 22.3. The number of likely N-dealkylation sites (tertiary alicyclic amines) is 1. The summed E-state index contributed by atoms with van der Waals surface area (Å²) in [6.45, 7) is 8.83. The second-order valence-corrected chi connectivity index (χ2v) is 8.42. The van der Waals surface area contributed by atoms with Gasteiger partial charge in [-0.1, -0.05) is 90.6 Å². The Balaban J connectivity index is 1.28. The van der Waals surface area contributed by atoms with Crippen molar-refractivity contribution in [2.75, 3.05) is 13.1 Å². The molecule has 1 aliphatic rings. The van der Waals surface area contributed by atoms with E-state index in [1.165, 1.54) is 16.7 Å². The minimum atomic E-state index is 0.204. The summed E-state index contributed by atoms with van der Waals surface area (Å²) in [6, 6.07) is 27.2. The fourth-order valence-corrected chi connectivity index (χ4v) is 4.04. The van der Waals surface area contributed by atoms with E-state index in [4.69, 9.17) is 4.84 Å². The van der Waals surface area contributed by atoms with Crippen LogP contribution in [0.15, 0.2) is 96.4 Å². The molecule has 0 bridgehead atoms. The summed E-state index contributed by atoms with van der Waals surface area (Å²) in [5.41, 5.74) is 6.66. The topological polar surface area (TPSA) is 45.1 Å². The summed E-state index contributed by atoms with van der Waals surface area (Å²) in [6.07, 6.45) is 0.978.